The molecule has 2 rings (SSSR count). The van der Waals surface area contributed by atoms with Gasteiger partial charge in [0.25, 0.3) is 5.91 Å². The van der Waals surface area contributed by atoms with Gasteiger partial charge >= 0.3 is 12.4 Å². The van der Waals surface area contributed by atoms with Crippen molar-refractivity contribution in [2.24, 2.45) is 5.41 Å². The maximum Gasteiger partial charge on any atom is 0.404 e. The largest absolute Gasteiger partial charge is 0.404 e. The van der Waals surface area contributed by atoms with Crippen LogP contribution in [0.15, 0.2) is 11.4 Å². The molecule has 0 bridgehead atoms. The molecule has 1 aliphatic rings. The SMILES string of the molecule is CCc1ccsc1C(=O)N1CCC(C(F)(F)F)(C(F)(F)F)C1. The molecule has 0 saturated carbocycles. The first kappa shape index (κ1) is 17.1. The third kappa shape index (κ3) is 2.59. The molecule has 1 fully saturated rings. The summed E-state index contributed by atoms with van der Waals surface area (Å²) in [6, 6.07) is 1.65. The van der Waals surface area contributed by atoms with Gasteiger partial charge in [-0.05, 0) is 29.9 Å². The second-order valence-corrected chi connectivity index (χ2v) is 6.10. The molecule has 0 radical (unpaired) electrons. The topological polar surface area (TPSA) is 20.3 Å². The molecule has 1 aromatic rings. The zero-order valence-corrected chi connectivity index (χ0v) is 12.3. The van der Waals surface area contributed by atoms with E-state index in [9.17, 15) is 31.1 Å². The number of alkyl halides is 6. The van der Waals surface area contributed by atoms with Crippen molar-refractivity contribution in [3.8, 4) is 0 Å². The lowest BCUT2D eigenvalue weighted by Crippen LogP contribution is -2.52. The van der Waals surface area contributed by atoms with Crippen LogP contribution in [0, 0.1) is 5.41 Å². The van der Waals surface area contributed by atoms with E-state index in [0.29, 0.717) is 16.9 Å². The molecule has 1 aromatic heterocycles. The highest BCUT2D eigenvalue weighted by Gasteiger charge is 2.72. The van der Waals surface area contributed by atoms with Gasteiger partial charge < -0.3 is 4.90 Å². The second kappa shape index (κ2) is 5.43. The van der Waals surface area contributed by atoms with Crippen molar-refractivity contribution < 1.29 is 31.1 Å². The minimum atomic E-state index is -5.44. The van der Waals surface area contributed by atoms with Gasteiger partial charge in [-0.3, -0.25) is 4.79 Å². The van der Waals surface area contributed by atoms with E-state index in [1.807, 2.05) is 0 Å². The predicted octanol–water partition coefficient (Wildman–Crippen LogP) is 4.27. The number of aryl methyl sites for hydroxylation is 1. The molecule has 0 spiro atoms. The number of nitrogens with zero attached hydrogens (tertiary/aromatic N) is 1. The Hall–Kier alpha value is -1.25. The first-order chi connectivity index (χ1) is 10.0. The average Bonchev–Trinajstić information content (AvgIpc) is 3.03. The summed E-state index contributed by atoms with van der Waals surface area (Å²) < 4.78 is 77.9. The molecule has 22 heavy (non-hydrogen) atoms. The van der Waals surface area contributed by atoms with Crippen molar-refractivity contribution in [1.29, 1.82) is 0 Å². The maximum absolute atomic E-state index is 13.0. The first-order valence-electron chi connectivity index (χ1n) is 6.52. The van der Waals surface area contributed by atoms with E-state index in [4.69, 9.17) is 0 Å². The van der Waals surface area contributed by atoms with Crippen LogP contribution >= 0.6 is 11.3 Å². The smallest absolute Gasteiger partial charge is 0.337 e. The number of rotatable bonds is 2. The Balaban J connectivity index is 2.30. The van der Waals surface area contributed by atoms with Crippen LogP contribution in [0.5, 0.6) is 0 Å². The normalized spacial score (nSPS) is 18.8. The Kier molecular flexibility index (Phi) is 4.23. The highest BCUT2D eigenvalue weighted by atomic mass is 32.1. The summed E-state index contributed by atoms with van der Waals surface area (Å²) in [5.41, 5.74) is -3.20. The molecule has 9 heteroatoms. The number of carbonyl (C=O) groups is 1. The fourth-order valence-electron chi connectivity index (χ4n) is 2.55. The van der Waals surface area contributed by atoms with Crippen LogP contribution in [0.4, 0.5) is 26.3 Å². The van der Waals surface area contributed by atoms with Crippen molar-refractivity contribution >= 4 is 17.2 Å². The number of hydrogen-bond acceptors (Lipinski definition) is 2. The molecule has 0 aromatic carbocycles. The predicted molar refractivity (Wildman–Crippen MR) is 68.8 cm³/mol. The zero-order chi connectivity index (χ0) is 16.8. The number of hydrogen-bond donors (Lipinski definition) is 0. The number of amides is 1. The van der Waals surface area contributed by atoms with Crippen molar-refractivity contribution in [3.05, 3.63) is 21.9 Å². The molecule has 0 aliphatic carbocycles. The minimum Gasteiger partial charge on any atom is -0.337 e. The number of carbonyl (C=O) groups excluding carboxylic acids is 1. The third-order valence-electron chi connectivity index (χ3n) is 3.96. The van der Waals surface area contributed by atoms with Gasteiger partial charge in [0.1, 0.15) is 0 Å². The standard InChI is InChI=1S/C13H13F6NOS/c1-2-8-3-6-22-9(8)10(21)20-5-4-11(7-20,12(14,15)16)13(17,18)19/h3,6H,2,4-5,7H2,1H3. The third-order valence-corrected chi connectivity index (χ3v) is 4.91. The van der Waals surface area contributed by atoms with Crippen molar-refractivity contribution in [2.75, 3.05) is 13.1 Å². The highest BCUT2D eigenvalue weighted by molar-refractivity contribution is 7.12. The maximum atomic E-state index is 13.0. The lowest BCUT2D eigenvalue weighted by atomic mass is 9.85. The van der Waals surface area contributed by atoms with Crippen molar-refractivity contribution in [1.82, 2.24) is 4.90 Å². The van der Waals surface area contributed by atoms with Gasteiger partial charge in [-0.1, -0.05) is 6.92 Å². The molecular formula is C13H13F6NOS. The van der Waals surface area contributed by atoms with Gasteiger partial charge in [-0.2, -0.15) is 26.3 Å². The van der Waals surface area contributed by atoms with E-state index in [1.54, 1.807) is 18.4 Å². The minimum absolute atomic E-state index is 0.211. The summed E-state index contributed by atoms with van der Waals surface area (Å²) in [6.07, 6.45) is -11.5. The Bertz CT molecular complexity index is 548. The van der Waals surface area contributed by atoms with E-state index in [1.165, 1.54) is 0 Å². The molecule has 0 N–H and O–H groups in total. The van der Waals surface area contributed by atoms with Crippen molar-refractivity contribution in [2.45, 2.75) is 32.1 Å². The Morgan fingerprint density at radius 2 is 1.86 bits per heavy atom. The Morgan fingerprint density at radius 1 is 1.27 bits per heavy atom. The van der Waals surface area contributed by atoms with E-state index in [0.717, 1.165) is 11.3 Å². The van der Waals surface area contributed by atoms with Gasteiger partial charge in [0.05, 0.1) is 4.88 Å². The van der Waals surface area contributed by atoms with Crippen LogP contribution in [-0.2, 0) is 6.42 Å². The molecule has 1 amide bonds. The second-order valence-electron chi connectivity index (χ2n) is 5.18. The molecular weight excluding hydrogens is 332 g/mol. The average molecular weight is 345 g/mol. The molecule has 124 valence electrons. The van der Waals surface area contributed by atoms with Crippen LogP contribution in [0.2, 0.25) is 0 Å². The highest BCUT2D eigenvalue weighted by Crippen LogP contribution is 2.55. The van der Waals surface area contributed by atoms with Gasteiger partial charge in [-0.25, -0.2) is 0 Å². The number of likely N-dealkylation sites (tertiary alicyclic amines) is 1. The number of thiophene rings is 1. The molecule has 0 atom stereocenters. The van der Waals surface area contributed by atoms with Gasteiger partial charge in [0.2, 0.25) is 0 Å². The number of halogens is 6. The van der Waals surface area contributed by atoms with Gasteiger partial charge in [0.15, 0.2) is 5.41 Å². The van der Waals surface area contributed by atoms with Crippen LogP contribution in [0.25, 0.3) is 0 Å². The zero-order valence-electron chi connectivity index (χ0n) is 11.5. The molecule has 2 nitrogen and oxygen atoms in total. The summed E-state index contributed by atoms with van der Waals surface area (Å²) in [5, 5.41) is 1.60. The lowest BCUT2D eigenvalue weighted by molar-refractivity contribution is -0.334. The van der Waals surface area contributed by atoms with Crippen molar-refractivity contribution in [3.63, 3.8) is 0 Å². The van der Waals surface area contributed by atoms with E-state index < -0.39 is 43.2 Å². The van der Waals surface area contributed by atoms with Crippen LogP contribution < -0.4 is 0 Å². The Labute approximate surface area is 126 Å². The lowest BCUT2D eigenvalue weighted by Gasteiger charge is -2.33. The van der Waals surface area contributed by atoms with Crippen LogP contribution in [0.1, 0.15) is 28.6 Å². The van der Waals surface area contributed by atoms with Crippen LogP contribution in [-0.4, -0.2) is 36.2 Å². The monoisotopic (exact) mass is 345 g/mol. The molecule has 2 heterocycles. The van der Waals surface area contributed by atoms with Gasteiger partial charge in [0, 0.05) is 13.1 Å². The summed E-state index contributed by atoms with van der Waals surface area (Å²) >= 11 is 1.03. The summed E-state index contributed by atoms with van der Waals surface area (Å²) in [4.78, 5) is 13.1. The van der Waals surface area contributed by atoms with E-state index in [-0.39, 0.29) is 4.88 Å². The summed E-state index contributed by atoms with van der Waals surface area (Å²) in [5.74, 6) is -0.762. The summed E-state index contributed by atoms with van der Waals surface area (Å²) in [7, 11) is 0. The van der Waals surface area contributed by atoms with Gasteiger partial charge in [-0.15, -0.1) is 11.3 Å². The molecule has 0 unspecified atom stereocenters. The Morgan fingerprint density at radius 3 is 2.32 bits per heavy atom. The first-order valence-corrected chi connectivity index (χ1v) is 7.40. The van der Waals surface area contributed by atoms with E-state index >= 15 is 0 Å². The fourth-order valence-corrected chi connectivity index (χ4v) is 3.51. The summed E-state index contributed by atoms with van der Waals surface area (Å²) in [6.45, 7) is -0.169. The molecule has 1 saturated heterocycles. The molecule has 1 aliphatic heterocycles. The quantitative estimate of drug-likeness (QED) is 0.733. The fraction of sp³-hybridized carbons (Fsp3) is 0.615. The van der Waals surface area contributed by atoms with Crippen LogP contribution in [0.3, 0.4) is 0 Å². The van der Waals surface area contributed by atoms with E-state index in [2.05, 4.69) is 0 Å².